The molecule has 0 fully saturated rings. The second kappa shape index (κ2) is 8.72. The molecule has 0 aliphatic heterocycles. The summed E-state index contributed by atoms with van der Waals surface area (Å²) < 4.78 is 0. The highest BCUT2D eigenvalue weighted by Crippen LogP contribution is 2.21. The van der Waals surface area contributed by atoms with E-state index in [0.29, 0.717) is 5.95 Å². The van der Waals surface area contributed by atoms with Crippen LogP contribution in [0.3, 0.4) is 0 Å². The lowest BCUT2D eigenvalue weighted by Crippen LogP contribution is -2.09. The first-order chi connectivity index (χ1) is 10.3. The number of hydrogen-bond acceptors (Lipinski definition) is 5. The number of thioether (sulfide) groups is 1. The zero-order valence-electron chi connectivity index (χ0n) is 12.9. The maximum Gasteiger partial charge on any atom is 0.225 e. The Morgan fingerprint density at radius 1 is 1.05 bits per heavy atom. The fraction of sp³-hybridized carbons (Fsp3) is 0.500. The second-order valence-electron chi connectivity index (χ2n) is 4.97. The van der Waals surface area contributed by atoms with Gasteiger partial charge in [0.1, 0.15) is 5.82 Å². The lowest BCUT2D eigenvalue weighted by Gasteiger charge is -2.11. The van der Waals surface area contributed by atoms with Crippen LogP contribution in [0.25, 0.3) is 10.9 Å². The molecule has 0 saturated carbocycles. The molecule has 2 N–H and O–H groups in total. The molecule has 0 unspecified atom stereocenters. The van der Waals surface area contributed by atoms with Gasteiger partial charge in [0.15, 0.2) is 0 Å². The number of para-hydroxylation sites is 1. The highest BCUT2D eigenvalue weighted by Gasteiger charge is 2.06. The monoisotopic (exact) mass is 304 g/mol. The molecule has 0 aliphatic carbocycles. The van der Waals surface area contributed by atoms with E-state index in [1.807, 2.05) is 30.0 Å². The van der Waals surface area contributed by atoms with Crippen LogP contribution in [0.4, 0.5) is 11.8 Å². The minimum atomic E-state index is 0.710. The van der Waals surface area contributed by atoms with Crippen LogP contribution in [0.15, 0.2) is 24.3 Å². The molecule has 0 amide bonds. The van der Waals surface area contributed by atoms with E-state index >= 15 is 0 Å². The highest BCUT2D eigenvalue weighted by atomic mass is 32.2. The first-order valence-corrected chi connectivity index (χ1v) is 8.98. The first kappa shape index (κ1) is 15.9. The van der Waals surface area contributed by atoms with Crippen LogP contribution in [0.2, 0.25) is 0 Å². The number of rotatable bonds is 9. The van der Waals surface area contributed by atoms with Gasteiger partial charge in [-0.3, -0.25) is 0 Å². The van der Waals surface area contributed by atoms with E-state index in [4.69, 9.17) is 0 Å². The smallest absolute Gasteiger partial charge is 0.225 e. The molecule has 0 radical (unpaired) electrons. The third-order valence-electron chi connectivity index (χ3n) is 3.20. The quantitative estimate of drug-likeness (QED) is 0.686. The Bertz CT molecular complexity index is 559. The summed E-state index contributed by atoms with van der Waals surface area (Å²) in [5, 5.41) is 7.82. The van der Waals surface area contributed by atoms with Gasteiger partial charge in [0.25, 0.3) is 0 Å². The molecule has 2 aromatic rings. The Morgan fingerprint density at radius 2 is 1.90 bits per heavy atom. The Balaban J connectivity index is 2.11. The lowest BCUT2D eigenvalue weighted by molar-refractivity contribution is 0.840. The van der Waals surface area contributed by atoms with Gasteiger partial charge < -0.3 is 10.6 Å². The van der Waals surface area contributed by atoms with Crippen LogP contribution in [-0.4, -0.2) is 35.1 Å². The van der Waals surface area contributed by atoms with E-state index < -0.39 is 0 Å². The number of nitrogens with one attached hydrogen (secondary N) is 2. The van der Waals surface area contributed by atoms with Crippen LogP contribution >= 0.6 is 11.8 Å². The van der Waals surface area contributed by atoms with E-state index in [-0.39, 0.29) is 0 Å². The number of anilines is 2. The standard InChI is InChI=1S/C16H24N4S/c1-3-10-18-16-19-14-9-5-4-8-13(14)15(20-16)17-11-6-7-12-21-2/h4-5,8-9H,3,6-7,10-12H2,1-2H3,(H2,17,18,19,20). The van der Waals surface area contributed by atoms with Crippen molar-refractivity contribution in [1.82, 2.24) is 9.97 Å². The van der Waals surface area contributed by atoms with Crippen molar-refractivity contribution in [2.45, 2.75) is 26.2 Å². The summed E-state index contributed by atoms with van der Waals surface area (Å²) >= 11 is 1.90. The number of benzene rings is 1. The minimum Gasteiger partial charge on any atom is -0.369 e. The van der Waals surface area contributed by atoms with E-state index in [0.717, 1.165) is 42.7 Å². The summed E-state index contributed by atoms with van der Waals surface area (Å²) in [5.74, 6) is 2.86. The van der Waals surface area contributed by atoms with Gasteiger partial charge in [-0.1, -0.05) is 19.1 Å². The van der Waals surface area contributed by atoms with E-state index in [2.05, 4.69) is 39.8 Å². The molecule has 5 heteroatoms. The summed E-state index contributed by atoms with van der Waals surface area (Å²) in [7, 11) is 0. The predicted molar refractivity (Wildman–Crippen MR) is 94.4 cm³/mol. The molecular weight excluding hydrogens is 280 g/mol. The van der Waals surface area contributed by atoms with Crippen molar-refractivity contribution in [3.63, 3.8) is 0 Å². The second-order valence-corrected chi connectivity index (χ2v) is 5.95. The van der Waals surface area contributed by atoms with Crippen LogP contribution in [-0.2, 0) is 0 Å². The maximum atomic E-state index is 4.62. The Labute approximate surface area is 131 Å². The molecule has 4 nitrogen and oxygen atoms in total. The van der Waals surface area contributed by atoms with E-state index in [1.165, 1.54) is 12.2 Å². The molecule has 114 valence electrons. The molecule has 1 aromatic heterocycles. The largest absolute Gasteiger partial charge is 0.369 e. The van der Waals surface area contributed by atoms with Crippen LogP contribution in [0.1, 0.15) is 26.2 Å². The van der Waals surface area contributed by atoms with Gasteiger partial charge in [-0.2, -0.15) is 16.7 Å². The van der Waals surface area contributed by atoms with Crippen molar-refractivity contribution >= 4 is 34.4 Å². The molecule has 0 atom stereocenters. The van der Waals surface area contributed by atoms with Crippen molar-refractivity contribution in [2.24, 2.45) is 0 Å². The maximum absolute atomic E-state index is 4.62. The third kappa shape index (κ3) is 4.77. The molecular formula is C16H24N4S. The molecule has 0 bridgehead atoms. The van der Waals surface area contributed by atoms with Crippen molar-refractivity contribution in [1.29, 1.82) is 0 Å². The fourth-order valence-corrected chi connectivity index (χ4v) is 2.60. The van der Waals surface area contributed by atoms with Gasteiger partial charge in [0, 0.05) is 18.5 Å². The summed E-state index contributed by atoms with van der Waals surface area (Å²) in [6.45, 7) is 3.99. The molecule has 1 aromatic carbocycles. The number of fused-ring (bicyclic) bond motifs is 1. The van der Waals surface area contributed by atoms with Gasteiger partial charge in [-0.05, 0) is 43.4 Å². The average molecular weight is 304 g/mol. The van der Waals surface area contributed by atoms with Crippen LogP contribution in [0, 0.1) is 0 Å². The zero-order valence-corrected chi connectivity index (χ0v) is 13.7. The SMILES string of the molecule is CCCNc1nc(NCCCCSC)c2ccccc2n1. The Kier molecular flexibility index (Phi) is 6.60. The summed E-state index contributed by atoms with van der Waals surface area (Å²) in [6.07, 6.45) is 5.61. The van der Waals surface area contributed by atoms with E-state index in [1.54, 1.807) is 0 Å². The summed E-state index contributed by atoms with van der Waals surface area (Å²) in [4.78, 5) is 9.18. The average Bonchev–Trinajstić information content (AvgIpc) is 2.52. The zero-order chi connectivity index (χ0) is 14.9. The number of aromatic nitrogens is 2. The summed E-state index contributed by atoms with van der Waals surface area (Å²) in [6, 6.07) is 8.15. The predicted octanol–water partition coefficient (Wildman–Crippen LogP) is 4.01. The highest BCUT2D eigenvalue weighted by molar-refractivity contribution is 7.98. The van der Waals surface area contributed by atoms with Gasteiger partial charge in [0.2, 0.25) is 5.95 Å². The van der Waals surface area contributed by atoms with Gasteiger partial charge >= 0.3 is 0 Å². The Morgan fingerprint density at radius 3 is 2.71 bits per heavy atom. The van der Waals surface area contributed by atoms with Crippen molar-refractivity contribution in [3.05, 3.63) is 24.3 Å². The van der Waals surface area contributed by atoms with Crippen LogP contribution < -0.4 is 10.6 Å². The van der Waals surface area contributed by atoms with Gasteiger partial charge in [-0.25, -0.2) is 4.98 Å². The first-order valence-electron chi connectivity index (χ1n) is 7.58. The van der Waals surface area contributed by atoms with E-state index in [9.17, 15) is 0 Å². The van der Waals surface area contributed by atoms with Crippen molar-refractivity contribution < 1.29 is 0 Å². The third-order valence-corrected chi connectivity index (χ3v) is 3.90. The molecule has 2 rings (SSSR count). The summed E-state index contributed by atoms with van der Waals surface area (Å²) in [5.41, 5.74) is 0.984. The van der Waals surface area contributed by atoms with Crippen molar-refractivity contribution in [2.75, 3.05) is 35.7 Å². The lowest BCUT2D eigenvalue weighted by atomic mass is 10.2. The number of unbranched alkanes of at least 4 members (excludes halogenated alkanes) is 1. The van der Waals surface area contributed by atoms with Crippen LogP contribution in [0.5, 0.6) is 0 Å². The van der Waals surface area contributed by atoms with Gasteiger partial charge in [-0.15, -0.1) is 0 Å². The minimum absolute atomic E-state index is 0.710. The molecule has 1 heterocycles. The molecule has 0 saturated heterocycles. The number of hydrogen-bond donors (Lipinski definition) is 2. The molecule has 21 heavy (non-hydrogen) atoms. The Hall–Kier alpha value is -1.49. The number of nitrogens with zero attached hydrogens (tertiary/aromatic N) is 2. The fourth-order valence-electron chi connectivity index (χ4n) is 2.11. The molecule has 0 spiro atoms. The molecule has 0 aliphatic rings. The topological polar surface area (TPSA) is 49.8 Å². The van der Waals surface area contributed by atoms with Crippen molar-refractivity contribution in [3.8, 4) is 0 Å². The normalized spacial score (nSPS) is 10.8. The van der Waals surface area contributed by atoms with Gasteiger partial charge in [0.05, 0.1) is 5.52 Å².